The monoisotopic (exact) mass is 371 g/mol. The van der Waals surface area contributed by atoms with Crippen molar-refractivity contribution in [2.75, 3.05) is 6.54 Å². The minimum atomic E-state index is 0.0657. The van der Waals surface area contributed by atoms with E-state index in [1.54, 1.807) is 29.0 Å². The highest BCUT2D eigenvalue weighted by Crippen LogP contribution is 2.25. The second-order valence-corrected chi connectivity index (χ2v) is 6.90. The number of carbonyl (C=O) groups is 1. The summed E-state index contributed by atoms with van der Waals surface area (Å²) in [4.78, 5) is 21.7. The summed E-state index contributed by atoms with van der Waals surface area (Å²) in [6, 6.07) is 15.5. The van der Waals surface area contributed by atoms with Crippen LogP contribution in [0.4, 0.5) is 0 Å². The van der Waals surface area contributed by atoms with Crippen molar-refractivity contribution in [3.63, 3.8) is 0 Å². The van der Waals surface area contributed by atoms with Crippen LogP contribution in [0.3, 0.4) is 0 Å². The van der Waals surface area contributed by atoms with E-state index in [1.807, 2.05) is 49.5 Å². The van der Waals surface area contributed by atoms with Crippen LogP contribution in [0.5, 0.6) is 0 Å². The third-order valence-electron chi connectivity index (χ3n) is 4.73. The molecule has 0 bridgehead atoms. The van der Waals surface area contributed by atoms with Crippen LogP contribution < -0.4 is 5.73 Å². The van der Waals surface area contributed by atoms with Crippen LogP contribution in [0.15, 0.2) is 67.1 Å². The summed E-state index contributed by atoms with van der Waals surface area (Å²) in [5.74, 6) is 0.215. The Hall–Kier alpha value is -3.38. The Labute approximate surface area is 163 Å². The standard InChI is InChI=1S/C22H21N5O/c1-15(13-23)11-21(28)17-7-9-24-20(12-17)18-14-25-27-10-8-19(26-22(18)27)16-5-3-2-4-6-16/h2-10,12,14-15H,11,13,23H2,1H3. The summed E-state index contributed by atoms with van der Waals surface area (Å²) < 4.78 is 1.72. The third kappa shape index (κ3) is 3.54. The molecule has 0 aliphatic carbocycles. The van der Waals surface area contributed by atoms with Crippen molar-refractivity contribution in [3.8, 4) is 22.5 Å². The van der Waals surface area contributed by atoms with Gasteiger partial charge in [-0.25, -0.2) is 9.50 Å². The number of fused-ring (bicyclic) bond motifs is 1. The van der Waals surface area contributed by atoms with Crippen molar-refractivity contribution in [1.82, 2.24) is 19.6 Å². The molecule has 28 heavy (non-hydrogen) atoms. The van der Waals surface area contributed by atoms with Crippen molar-refractivity contribution in [1.29, 1.82) is 0 Å². The maximum absolute atomic E-state index is 12.5. The molecule has 3 heterocycles. The minimum Gasteiger partial charge on any atom is -0.330 e. The van der Waals surface area contributed by atoms with Gasteiger partial charge in [0.1, 0.15) is 0 Å². The van der Waals surface area contributed by atoms with Crippen molar-refractivity contribution < 1.29 is 4.79 Å². The molecule has 4 aromatic rings. The van der Waals surface area contributed by atoms with E-state index in [4.69, 9.17) is 10.7 Å². The number of hydrogen-bond donors (Lipinski definition) is 1. The Morgan fingerprint density at radius 2 is 1.96 bits per heavy atom. The number of nitrogens with zero attached hydrogens (tertiary/aromatic N) is 4. The fourth-order valence-electron chi connectivity index (χ4n) is 3.09. The largest absolute Gasteiger partial charge is 0.330 e. The van der Waals surface area contributed by atoms with Crippen molar-refractivity contribution in [2.24, 2.45) is 11.7 Å². The highest BCUT2D eigenvalue weighted by atomic mass is 16.1. The lowest BCUT2D eigenvalue weighted by atomic mass is 9.99. The summed E-state index contributed by atoms with van der Waals surface area (Å²) in [6.45, 7) is 2.46. The first-order valence-electron chi connectivity index (χ1n) is 9.25. The first-order valence-corrected chi connectivity index (χ1v) is 9.25. The molecule has 3 aromatic heterocycles. The van der Waals surface area contributed by atoms with Gasteiger partial charge in [0.25, 0.3) is 0 Å². The van der Waals surface area contributed by atoms with Crippen LogP contribution in [-0.4, -0.2) is 31.9 Å². The van der Waals surface area contributed by atoms with Crippen molar-refractivity contribution in [3.05, 3.63) is 72.7 Å². The predicted octanol–water partition coefficient (Wildman–Crippen LogP) is 3.63. The summed E-state index contributed by atoms with van der Waals surface area (Å²) in [6.07, 6.45) is 5.69. The molecule has 0 aliphatic rings. The lowest BCUT2D eigenvalue weighted by Crippen LogP contribution is -2.15. The second kappa shape index (κ2) is 7.70. The molecule has 0 saturated heterocycles. The summed E-state index contributed by atoms with van der Waals surface area (Å²) in [5, 5.41) is 4.38. The number of rotatable bonds is 6. The van der Waals surface area contributed by atoms with Gasteiger partial charge in [-0.3, -0.25) is 9.78 Å². The number of aromatic nitrogens is 4. The molecule has 0 spiro atoms. The summed E-state index contributed by atoms with van der Waals surface area (Å²) in [5.41, 5.74) is 10.3. The van der Waals surface area contributed by atoms with E-state index in [0.717, 1.165) is 16.8 Å². The molecule has 6 nitrogen and oxygen atoms in total. The molecule has 6 heteroatoms. The minimum absolute atomic E-state index is 0.0657. The molecule has 1 aromatic carbocycles. The Morgan fingerprint density at radius 3 is 2.75 bits per heavy atom. The molecular weight excluding hydrogens is 350 g/mol. The van der Waals surface area contributed by atoms with Crippen LogP contribution in [0.2, 0.25) is 0 Å². The zero-order valence-corrected chi connectivity index (χ0v) is 15.6. The predicted molar refractivity (Wildman–Crippen MR) is 109 cm³/mol. The topological polar surface area (TPSA) is 86.2 Å². The van der Waals surface area contributed by atoms with E-state index < -0.39 is 0 Å². The molecule has 0 aliphatic heterocycles. The van der Waals surface area contributed by atoms with Crippen LogP contribution in [0.25, 0.3) is 28.2 Å². The Kier molecular flexibility index (Phi) is 4.95. The van der Waals surface area contributed by atoms with E-state index in [1.165, 1.54) is 0 Å². The molecule has 2 N–H and O–H groups in total. The van der Waals surface area contributed by atoms with Crippen LogP contribution in [0.1, 0.15) is 23.7 Å². The number of pyridine rings is 1. The maximum Gasteiger partial charge on any atom is 0.164 e. The summed E-state index contributed by atoms with van der Waals surface area (Å²) in [7, 11) is 0. The molecule has 140 valence electrons. The van der Waals surface area contributed by atoms with Gasteiger partial charge in [-0.1, -0.05) is 37.3 Å². The highest BCUT2D eigenvalue weighted by molar-refractivity contribution is 5.97. The zero-order chi connectivity index (χ0) is 19.5. The van der Waals surface area contributed by atoms with Gasteiger partial charge in [0, 0.05) is 29.9 Å². The number of hydrogen-bond acceptors (Lipinski definition) is 5. The van der Waals surface area contributed by atoms with E-state index in [2.05, 4.69) is 10.1 Å². The number of Topliss-reactive ketones (excluding diaryl/α,β-unsaturated/α-hetero) is 1. The molecular formula is C22H21N5O. The van der Waals surface area contributed by atoms with E-state index in [0.29, 0.717) is 29.9 Å². The molecule has 1 atom stereocenters. The van der Waals surface area contributed by atoms with Crippen LogP contribution >= 0.6 is 0 Å². The summed E-state index contributed by atoms with van der Waals surface area (Å²) >= 11 is 0. The van der Waals surface area contributed by atoms with E-state index in [9.17, 15) is 4.79 Å². The normalized spacial score (nSPS) is 12.2. The van der Waals surface area contributed by atoms with Gasteiger partial charge < -0.3 is 5.73 Å². The first kappa shape index (κ1) is 18.0. The number of carbonyl (C=O) groups excluding carboxylic acids is 1. The van der Waals surface area contributed by atoms with Crippen molar-refractivity contribution >= 4 is 11.4 Å². The lowest BCUT2D eigenvalue weighted by Gasteiger charge is -2.08. The van der Waals surface area contributed by atoms with Crippen molar-refractivity contribution in [2.45, 2.75) is 13.3 Å². The van der Waals surface area contributed by atoms with Crippen LogP contribution in [0, 0.1) is 5.92 Å². The molecule has 0 amide bonds. The fourth-order valence-corrected chi connectivity index (χ4v) is 3.09. The third-order valence-corrected chi connectivity index (χ3v) is 4.73. The van der Waals surface area contributed by atoms with Gasteiger partial charge in [0.2, 0.25) is 0 Å². The van der Waals surface area contributed by atoms with Gasteiger partial charge in [-0.05, 0) is 30.7 Å². The van der Waals surface area contributed by atoms with Gasteiger partial charge in [0.05, 0.1) is 23.1 Å². The smallest absolute Gasteiger partial charge is 0.164 e. The second-order valence-electron chi connectivity index (χ2n) is 6.90. The highest BCUT2D eigenvalue weighted by Gasteiger charge is 2.15. The Morgan fingerprint density at radius 1 is 1.14 bits per heavy atom. The molecule has 0 saturated carbocycles. The van der Waals surface area contributed by atoms with Crippen LogP contribution in [-0.2, 0) is 0 Å². The quantitative estimate of drug-likeness (QED) is 0.523. The van der Waals surface area contributed by atoms with E-state index in [-0.39, 0.29) is 11.7 Å². The zero-order valence-electron chi connectivity index (χ0n) is 15.6. The molecule has 0 radical (unpaired) electrons. The first-order chi connectivity index (χ1) is 13.7. The van der Waals surface area contributed by atoms with E-state index >= 15 is 0 Å². The van der Waals surface area contributed by atoms with Gasteiger partial charge in [-0.15, -0.1) is 0 Å². The maximum atomic E-state index is 12.5. The SMILES string of the molecule is CC(CN)CC(=O)c1ccnc(-c2cnn3ccc(-c4ccccc4)nc23)c1. The van der Waals surface area contributed by atoms with Gasteiger partial charge in [0.15, 0.2) is 11.4 Å². The molecule has 0 fully saturated rings. The Balaban J connectivity index is 1.73. The fraction of sp³-hybridized carbons (Fsp3) is 0.182. The number of nitrogens with two attached hydrogens (primary N) is 1. The number of ketones is 1. The molecule has 1 unspecified atom stereocenters. The average Bonchev–Trinajstić information content (AvgIpc) is 3.17. The lowest BCUT2D eigenvalue weighted by molar-refractivity contribution is 0.0966. The average molecular weight is 371 g/mol. The number of benzene rings is 1. The van der Waals surface area contributed by atoms with Gasteiger partial charge >= 0.3 is 0 Å². The Bertz CT molecular complexity index is 1120. The van der Waals surface area contributed by atoms with Gasteiger partial charge in [-0.2, -0.15) is 5.10 Å². The molecule has 4 rings (SSSR count).